The van der Waals surface area contributed by atoms with Crippen molar-refractivity contribution >= 4 is 22.3 Å². The molecule has 0 fully saturated rings. The van der Waals surface area contributed by atoms with Crippen LogP contribution in [0.25, 0.3) is 11.0 Å². The Bertz CT molecular complexity index is 711. The third kappa shape index (κ3) is 2.65. The standard InChI is InChI=1S/C17H19NOS/c1-3-13-8-9-14(20-13)10-18-11-16-12(2)19-17-7-5-4-6-15(16)17/h4-9,18H,3,10-11H2,1-2H3. The first kappa shape index (κ1) is 13.4. The zero-order valence-corrected chi connectivity index (χ0v) is 12.7. The second kappa shape index (κ2) is 5.81. The number of benzene rings is 1. The van der Waals surface area contributed by atoms with Crippen LogP contribution >= 0.6 is 11.3 Å². The molecule has 0 aliphatic heterocycles. The van der Waals surface area contributed by atoms with Crippen molar-refractivity contribution in [2.24, 2.45) is 0 Å². The van der Waals surface area contributed by atoms with Crippen LogP contribution in [0.5, 0.6) is 0 Å². The van der Waals surface area contributed by atoms with Gasteiger partial charge >= 0.3 is 0 Å². The van der Waals surface area contributed by atoms with Crippen LogP contribution < -0.4 is 5.32 Å². The van der Waals surface area contributed by atoms with E-state index in [1.54, 1.807) is 0 Å². The van der Waals surface area contributed by atoms with Crippen LogP contribution in [0.15, 0.2) is 40.8 Å². The van der Waals surface area contributed by atoms with E-state index in [4.69, 9.17) is 4.42 Å². The predicted molar refractivity (Wildman–Crippen MR) is 85.2 cm³/mol. The number of rotatable bonds is 5. The van der Waals surface area contributed by atoms with Crippen LogP contribution in [0.4, 0.5) is 0 Å². The summed E-state index contributed by atoms with van der Waals surface area (Å²) in [5, 5.41) is 4.75. The topological polar surface area (TPSA) is 25.2 Å². The van der Waals surface area contributed by atoms with Gasteiger partial charge in [-0.1, -0.05) is 25.1 Å². The van der Waals surface area contributed by atoms with Crippen molar-refractivity contribution in [3.63, 3.8) is 0 Å². The van der Waals surface area contributed by atoms with Gasteiger partial charge in [0.05, 0.1) is 0 Å². The maximum atomic E-state index is 5.79. The number of furan rings is 1. The number of hydrogen-bond donors (Lipinski definition) is 1. The summed E-state index contributed by atoms with van der Waals surface area (Å²) in [6.07, 6.45) is 1.12. The molecule has 2 aromatic heterocycles. The molecule has 3 heteroatoms. The maximum Gasteiger partial charge on any atom is 0.134 e. The predicted octanol–water partition coefficient (Wildman–Crippen LogP) is 4.65. The molecule has 0 unspecified atom stereocenters. The Morgan fingerprint density at radius 1 is 1.05 bits per heavy atom. The van der Waals surface area contributed by atoms with Crippen LogP contribution in [-0.4, -0.2) is 0 Å². The molecule has 3 rings (SSSR count). The van der Waals surface area contributed by atoms with Gasteiger partial charge in [-0.05, 0) is 31.5 Å². The summed E-state index contributed by atoms with van der Waals surface area (Å²) in [5.74, 6) is 1.01. The fourth-order valence-electron chi connectivity index (χ4n) is 2.46. The molecule has 0 spiro atoms. The Balaban J connectivity index is 1.69. The number of thiophene rings is 1. The zero-order valence-electron chi connectivity index (χ0n) is 11.9. The van der Waals surface area contributed by atoms with E-state index >= 15 is 0 Å². The van der Waals surface area contributed by atoms with Crippen molar-refractivity contribution in [3.8, 4) is 0 Å². The second-order valence-corrected chi connectivity index (χ2v) is 6.21. The molecule has 104 valence electrons. The van der Waals surface area contributed by atoms with E-state index in [1.807, 2.05) is 30.4 Å². The Hall–Kier alpha value is -1.58. The van der Waals surface area contributed by atoms with Crippen molar-refractivity contribution in [2.45, 2.75) is 33.4 Å². The van der Waals surface area contributed by atoms with Crippen molar-refractivity contribution in [3.05, 3.63) is 57.5 Å². The molecule has 1 aromatic carbocycles. The van der Waals surface area contributed by atoms with Crippen molar-refractivity contribution in [1.82, 2.24) is 5.32 Å². The van der Waals surface area contributed by atoms with Crippen LogP contribution in [0.3, 0.4) is 0 Å². The molecule has 0 aliphatic rings. The normalized spacial score (nSPS) is 11.3. The number of fused-ring (bicyclic) bond motifs is 1. The van der Waals surface area contributed by atoms with E-state index in [-0.39, 0.29) is 0 Å². The quantitative estimate of drug-likeness (QED) is 0.738. The SMILES string of the molecule is CCc1ccc(CNCc2c(C)oc3ccccc23)s1. The van der Waals surface area contributed by atoms with Crippen molar-refractivity contribution in [1.29, 1.82) is 0 Å². The lowest BCUT2D eigenvalue weighted by Crippen LogP contribution is -2.12. The Morgan fingerprint density at radius 3 is 2.65 bits per heavy atom. The maximum absolute atomic E-state index is 5.79. The fraction of sp³-hybridized carbons (Fsp3) is 0.294. The molecular formula is C17H19NOS. The summed E-state index contributed by atoms with van der Waals surface area (Å²) < 4.78 is 5.79. The van der Waals surface area contributed by atoms with Crippen molar-refractivity contribution in [2.75, 3.05) is 0 Å². The van der Waals surface area contributed by atoms with Gasteiger partial charge in [0.1, 0.15) is 11.3 Å². The summed E-state index contributed by atoms with van der Waals surface area (Å²) in [6.45, 7) is 6.01. The van der Waals surface area contributed by atoms with Gasteiger partial charge in [0.25, 0.3) is 0 Å². The lowest BCUT2D eigenvalue weighted by atomic mass is 10.1. The summed E-state index contributed by atoms with van der Waals surface area (Å²) in [6, 6.07) is 12.7. The van der Waals surface area contributed by atoms with E-state index < -0.39 is 0 Å². The van der Waals surface area contributed by atoms with Gasteiger partial charge in [-0.25, -0.2) is 0 Å². The number of hydrogen-bond acceptors (Lipinski definition) is 3. The van der Waals surface area contributed by atoms with Crippen LogP contribution in [0.1, 0.15) is 28.0 Å². The summed E-state index contributed by atoms with van der Waals surface area (Å²) >= 11 is 1.89. The zero-order chi connectivity index (χ0) is 13.9. The minimum Gasteiger partial charge on any atom is -0.461 e. The molecule has 2 heterocycles. The third-order valence-corrected chi connectivity index (χ3v) is 4.80. The molecule has 0 saturated heterocycles. The summed E-state index contributed by atoms with van der Waals surface area (Å²) in [5.41, 5.74) is 2.25. The average molecular weight is 285 g/mol. The average Bonchev–Trinajstić information content (AvgIpc) is 3.04. The van der Waals surface area contributed by atoms with Gasteiger partial charge in [0.15, 0.2) is 0 Å². The van der Waals surface area contributed by atoms with Crippen LogP contribution in [0.2, 0.25) is 0 Å². The Kier molecular flexibility index (Phi) is 3.90. The first-order chi connectivity index (χ1) is 9.78. The molecule has 2 nitrogen and oxygen atoms in total. The van der Waals surface area contributed by atoms with E-state index in [1.165, 1.54) is 20.7 Å². The van der Waals surface area contributed by atoms with Gasteiger partial charge < -0.3 is 9.73 Å². The molecule has 0 bridgehead atoms. The molecule has 0 radical (unpaired) electrons. The fourth-order valence-corrected chi connectivity index (χ4v) is 3.39. The monoisotopic (exact) mass is 285 g/mol. The minimum atomic E-state index is 0.849. The highest BCUT2D eigenvalue weighted by molar-refractivity contribution is 7.11. The molecule has 0 amide bonds. The van der Waals surface area contributed by atoms with E-state index in [0.29, 0.717) is 0 Å². The molecule has 20 heavy (non-hydrogen) atoms. The lowest BCUT2D eigenvalue weighted by molar-refractivity contribution is 0.565. The molecular weight excluding hydrogens is 266 g/mol. The highest BCUT2D eigenvalue weighted by Crippen LogP contribution is 2.25. The largest absolute Gasteiger partial charge is 0.461 e. The van der Waals surface area contributed by atoms with Gasteiger partial charge in [-0.15, -0.1) is 11.3 Å². The molecule has 0 atom stereocenters. The van der Waals surface area contributed by atoms with E-state index in [0.717, 1.165) is 30.9 Å². The second-order valence-electron chi connectivity index (χ2n) is 4.96. The highest BCUT2D eigenvalue weighted by atomic mass is 32.1. The first-order valence-corrected chi connectivity index (χ1v) is 7.85. The number of aryl methyl sites for hydroxylation is 2. The molecule has 0 aliphatic carbocycles. The Morgan fingerprint density at radius 2 is 1.85 bits per heavy atom. The van der Waals surface area contributed by atoms with E-state index in [9.17, 15) is 0 Å². The minimum absolute atomic E-state index is 0.849. The first-order valence-electron chi connectivity index (χ1n) is 7.03. The van der Waals surface area contributed by atoms with E-state index in [2.05, 4.69) is 36.5 Å². The third-order valence-electron chi connectivity index (χ3n) is 3.57. The van der Waals surface area contributed by atoms with Crippen LogP contribution in [-0.2, 0) is 19.5 Å². The molecule has 0 saturated carbocycles. The van der Waals surface area contributed by atoms with Gasteiger partial charge in [0, 0.05) is 33.8 Å². The summed E-state index contributed by atoms with van der Waals surface area (Å²) in [4.78, 5) is 2.85. The van der Waals surface area contributed by atoms with Crippen LogP contribution in [0, 0.1) is 6.92 Å². The van der Waals surface area contributed by atoms with Gasteiger partial charge in [-0.2, -0.15) is 0 Å². The summed E-state index contributed by atoms with van der Waals surface area (Å²) in [7, 11) is 0. The number of nitrogens with one attached hydrogen (secondary N) is 1. The van der Waals surface area contributed by atoms with Gasteiger partial charge in [0.2, 0.25) is 0 Å². The number of para-hydroxylation sites is 1. The Labute approximate surface area is 123 Å². The lowest BCUT2D eigenvalue weighted by Gasteiger charge is -2.02. The molecule has 1 N–H and O–H groups in total. The molecule has 3 aromatic rings. The highest BCUT2D eigenvalue weighted by Gasteiger charge is 2.09. The van der Waals surface area contributed by atoms with Gasteiger partial charge in [-0.3, -0.25) is 0 Å². The van der Waals surface area contributed by atoms with Crippen molar-refractivity contribution < 1.29 is 4.42 Å². The smallest absolute Gasteiger partial charge is 0.134 e.